The predicted molar refractivity (Wildman–Crippen MR) is 59.0 cm³/mol. The molecule has 0 aliphatic carbocycles. The lowest BCUT2D eigenvalue weighted by atomic mass is 10.3. The maximum Gasteiger partial charge on any atom is 0.167 e. The van der Waals surface area contributed by atoms with Crippen molar-refractivity contribution < 1.29 is 4.74 Å². The summed E-state index contributed by atoms with van der Waals surface area (Å²) in [5.41, 5.74) is 1.81. The standard InChI is InChI=1S/C10H9N3OS/c1-14-7-2-3-8-9(6-7)13-10(12-8)15-5-4-11/h2-3,6H,5H2,1H3,(H,12,13). The molecule has 0 unspecified atom stereocenters. The van der Waals surface area contributed by atoms with Crippen molar-refractivity contribution in [1.82, 2.24) is 9.97 Å². The number of hydrogen-bond donors (Lipinski definition) is 1. The molecule has 0 fully saturated rings. The molecule has 0 bridgehead atoms. The van der Waals surface area contributed by atoms with Crippen LogP contribution in [-0.4, -0.2) is 22.8 Å². The molecule has 1 aromatic carbocycles. The Morgan fingerprint density at radius 2 is 2.47 bits per heavy atom. The van der Waals surface area contributed by atoms with E-state index in [-0.39, 0.29) is 0 Å². The molecular weight excluding hydrogens is 210 g/mol. The summed E-state index contributed by atoms with van der Waals surface area (Å²) < 4.78 is 5.11. The highest BCUT2D eigenvalue weighted by atomic mass is 32.2. The number of thioether (sulfide) groups is 1. The number of aromatic nitrogens is 2. The van der Waals surface area contributed by atoms with Gasteiger partial charge in [-0.2, -0.15) is 5.26 Å². The number of imidazole rings is 1. The number of rotatable bonds is 3. The van der Waals surface area contributed by atoms with Crippen LogP contribution >= 0.6 is 11.8 Å². The van der Waals surface area contributed by atoms with Crippen molar-refractivity contribution >= 4 is 22.8 Å². The van der Waals surface area contributed by atoms with Gasteiger partial charge in [-0.25, -0.2) is 4.98 Å². The zero-order valence-corrected chi connectivity index (χ0v) is 8.97. The maximum atomic E-state index is 8.45. The summed E-state index contributed by atoms with van der Waals surface area (Å²) in [6, 6.07) is 7.70. The molecular formula is C10H9N3OS. The molecule has 15 heavy (non-hydrogen) atoms. The number of benzene rings is 1. The van der Waals surface area contributed by atoms with E-state index >= 15 is 0 Å². The largest absolute Gasteiger partial charge is 0.497 e. The number of nitriles is 1. The lowest BCUT2D eigenvalue weighted by Gasteiger charge is -1.96. The summed E-state index contributed by atoms with van der Waals surface area (Å²) in [4.78, 5) is 7.45. The van der Waals surface area contributed by atoms with Crippen LogP contribution in [0.4, 0.5) is 0 Å². The Morgan fingerprint density at radius 3 is 3.20 bits per heavy atom. The Labute approximate surface area is 91.3 Å². The number of aromatic amines is 1. The average Bonchev–Trinajstić information content (AvgIpc) is 2.67. The Balaban J connectivity index is 2.34. The molecule has 0 aliphatic heterocycles. The highest BCUT2D eigenvalue weighted by Crippen LogP contribution is 2.22. The molecule has 0 aliphatic rings. The minimum Gasteiger partial charge on any atom is -0.497 e. The molecule has 1 N–H and O–H groups in total. The number of H-pyrrole nitrogens is 1. The fourth-order valence-corrected chi connectivity index (χ4v) is 1.81. The summed E-state index contributed by atoms with van der Waals surface area (Å²) in [5.74, 6) is 1.19. The van der Waals surface area contributed by atoms with E-state index in [2.05, 4.69) is 16.0 Å². The Kier molecular flexibility index (Phi) is 2.79. The average molecular weight is 219 g/mol. The van der Waals surface area contributed by atoms with E-state index in [9.17, 15) is 0 Å². The van der Waals surface area contributed by atoms with Crippen LogP contribution < -0.4 is 4.74 Å². The summed E-state index contributed by atoms with van der Waals surface area (Å²) in [5, 5.41) is 9.22. The third-order valence-electron chi connectivity index (χ3n) is 1.94. The Bertz CT molecular complexity index is 515. The zero-order chi connectivity index (χ0) is 10.7. The Hall–Kier alpha value is -1.67. The fourth-order valence-electron chi connectivity index (χ4n) is 1.26. The summed E-state index contributed by atoms with van der Waals surface area (Å²) >= 11 is 1.39. The molecule has 2 rings (SSSR count). The van der Waals surface area contributed by atoms with Crippen molar-refractivity contribution in [2.75, 3.05) is 12.9 Å². The van der Waals surface area contributed by atoms with Gasteiger partial charge in [-0.1, -0.05) is 11.8 Å². The molecule has 5 heteroatoms. The third-order valence-corrected chi connectivity index (χ3v) is 2.68. The molecule has 0 atom stereocenters. The normalized spacial score (nSPS) is 10.1. The van der Waals surface area contributed by atoms with Crippen molar-refractivity contribution in [3.8, 4) is 11.8 Å². The molecule has 2 aromatic rings. The van der Waals surface area contributed by atoms with Crippen LogP contribution in [-0.2, 0) is 0 Å². The number of ether oxygens (including phenoxy) is 1. The van der Waals surface area contributed by atoms with Gasteiger partial charge < -0.3 is 9.72 Å². The molecule has 76 valence electrons. The molecule has 0 spiro atoms. The van der Waals surface area contributed by atoms with Crippen LogP contribution in [0.15, 0.2) is 23.4 Å². The van der Waals surface area contributed by atoms with Gasteiger partial charge >= 0.3 is 0 Å². The minimum absolute atomic E-state index is 0.400. The highest BCUT2D eigenvalue weighted by molar-refractivity contribution is 7.99. The van der Waals surface area contributed by atoms with Crippen LogP contribution in [0.1, 0.15) is 0 Å². The van der Waals surface area contributed by atoms with Gasteiger partial charge in [0.15, 0.2) is 5.16 Å². The summed E-state index contributed by atoms with van der Waals surface area (Å²) in [6.07, 6.45) is 0. The SMILES string of the molecule is COc1ccc2nc(SCC#N)[nH]c2c1. The molecule has 0 amide bonds. The third kappa shape index (κ3) is 2.05. The van der Waals surface area contributed by atoms with Gasteiger partial charge in [0.1, 0.15) is 5.75 Å². The lowest BCUT2D eigenvalue weighted by molar-refractivity contribution is 0.415. The van der Waals surface area contributed by atoms with Crippen molar-refractivity contribution in [3.63, 3.8) is 0 Å². The van der Waals surface area contributed by atoms with Gasteiger partial charge in [-0.3, -0.25) is 0 Å². The summed E-state index contributed by atoms with van der Waals surface area (Å²) in [7, 11) is 1.63. The van der Waals surface area contributed by atoms with Gasteiger partial charge in [-0.05, 0) is 12.1 Å². The van der Waals surface area contributed by atoms with Gasteiger partial charge in [0.25, 0.3) is 0 Å². The molecule has 0 radical (unpaired) electrons. The number of nitrogens with one attached hydrogen (secondary N) is 1. The van der Waals surface area contributed by atoms with Crippen LogP contribution in [0.2, 0.25) is 0 Å². The first-order valence-corrected chi connectivity index (χ1v) is 5.35. The quantitative estimate of drug-likeness (QED) is 0.804. The van der Waals surface area contributed by atoms with E-state index < -0.39 is 0 Å². The topological polar surface area (TPSA) is 61.7 Å². The van der Waals surface area contributed by atoms with E-state index in [0.717, 1.165) is 21.9 Å². The van der Waals surface area contributed by atoms with E-state index in [1.165, 1.54) is 11.8 Å². The van der Waals surface area contributed by atoms with Gasteiger partial charge in [0.05, 0.1) is 30.0 Å². The van der Waals surface area contributed by atoms with Gasteiger partial charge in [-0.15, -0.1) is 0 Å². The Morgan fingerprint density at radius 1 is 1.60 bits per heavy atom. The number of methoxy groups -OCH3 is 1. The number of nitrogens with zero attached hydrogens (tertiary/aromatic N) is 2. The maximum absolute atomic E-state index is 8.45. The monoisotopic (exact) mass is 219 g/mol. The van der Waals surface area contributed by atoms with E-state index in [1.807, 2.05) is 18.2 Å². The van der Waals surface area contributed by atoms with Crippen molar-refractivity contribution in [2.45, 2.75) is 5.16 Å². The fraction of sp³-hybridized carbons (Fsp3) is 0.200. The van der Waals surface area contributed by atoms with Crippen molar-refractivity contribution in [1.29, 1.82) is 5.26 Å². The second-order valence-electron chi connectivity index (χ2n) is 2.87. The molecule has 0 saturated heterocycles. The highest BCUT2D eigenvalue weighted by Gasteiger charge is 2.03. The second kappa shape index (κ2) is 4.24. The van der Waals surface area contributed by atoms with Crippen LogP contribution in [0.3, 0.4) is 0 Å². The second-order valence-corrected chi connectivity index (χ2v) is 3.84. The first kappa shape index (κ1) is 9.87. The minimum atomic E-state index is 0.400. The molecule has 0 saturated carbocycles. The smallest absolute Gasteiger partial charge is 0.167 e. The van der Waals surface area contributed by atoms with Crippen LogP contribution in [0, 0.1) is 11.3 Å². The van der Waals surface area contributed by atoms with Gasteiger partial charge in [0.2, 0.25) is 0 Å². The number of fused-ring (bicyclic) bond motifs is 1. The number of hydrogen-bond acceptors (Lipinski definition) is 4. The molecule has 4 nitrogen and oxygen atoms in total. The van der Waals surface area contributed by atoms with Gasteiger partial charge in [0, 0.05) is 6.07 Å². The van der Waals surface area contributed by atoms with E-state index in [0.29, 0.717) is 5.75 Å². The van der Waals surface area contributed by atoms with E-state index in [1.54, 1.807) is 7.11 Å². The predicted octanol–water partition coefficient (Wildman–Crippen LogP) is 2.19. The zero-order valence-electron chi connectivity index (χ0n) is 8.15. The van der Waals surface area contributed by atoms with E-state index in [4.69, 9.17) is 10.00 Å². The van der Waals surface area contributed by atoms with Crippen LogP contribution in [0.5, 0.6) is 5.75 Å². The van der Waals surface area contributed by atoms with Crippen molar-refractivity contribution in [2.24, 2.45) is 0 Å². The molecule has 1 aromatic heterocycles. The van der Waals surface area contributed by atoms with Crippen LogP contribution in [0.25, 0.3) is 11.0 Å². The lowest BCUT2D eigenvalue weighted by Crippen LogP contribution is -1.81. The van der Waals surface area contributed by atoms with Crippen molar-refractivity contribution in [3.05, 3.63) is 18.2 Å². The first-order valence-electron chi connectivity index (χ1n) is 4.37. The summed E-state index contributed by atoms with van der Waals surface area (Å²) in [6.45, 7) is 0. The molecule has 1 heterocycles. The first-order chi connectivity index (χ1) is 7.33.